The Morgan fingerprint density at radius 1 is 1.67 bits per heavy atom. The first kappa shape index (κ1) is 10.2. The average Bonchev–Trinajstić information content (AvgIpc) is 2.64. The lowest BCUT2D eigenvalue weighted by Crippen LogP contribution is -2.52. The number of nitrogens with one attached hydrogen (secondary N) is 1. The molecule has 1 N–H and O–H groups in total. The average molecular weight is 208 g/mol. The third-order valence-corrected chi connectivity index (χ3v) is 2.80. The second-order valence-corrected chi connectivity index (χ2v) is 3.94. The molecule has 1 atom stereocenters. The van der Waals surface area contributed by atoms with Crippen LogP contribution in [-0.2, 0) is 7.05 Å². The second-order valence-electron chi connectivity index (χ2n) is 3.94. The Morgan fingerprint density at radius 2 is 2.47 bits per heavy atom. The van der Waals surface area contributed by atoms with E-state index in [0.29, 0.717) is 5.69 Å². The van der Waals surface area contributed by atoms with Crippen molar-refractivity contribution in [3.63, 3.8) is 0 Å². The van der Waals surface area contributed by atoms with Gasteiger partial charge < -0.3 is 14.8 Å². The Bertz CT molecular complexity index is 360. The van der Waals surface area contributed by atoms with Gasteiger partial charge in [0, 0.05) is 32.7 Å². The van der Waals surface area contributed by atoms with Crippen molar-refractivity contribution in [2.45, 2.75) is 13.0 Å². The van der Waals surface area contributed by atoms with Crippen molar-refractivity contribution in [3.05, 3.63) is 18.2 Å². The monoisotopic (exact) mass is 208 g/mol. The Morgan fingerprint density at radius 3 is 3.07 bits per heavy atom. The van der Waals surface area contributed by atoms with Gasteiger partial charge in [-0.1, -0.05) is 0 Å². The molecule has 1 unspecified atom stereocenters. The molecule has 1 amide bonds. The molecule has 5 heteroatoms. The van der Waals surface area contributed by atoms with Crippen LogP contribution in [0.2, 0.25) is 0 Å². The van der Waals surface area contributed by atoms with Crippen molar-refractivity contribution < 1.29 is 4.79 Å². The fourth-order valence-electron chi connectivity index (χ4n) is 1.85. The molecule has 1 aromatic rings. The summed E-state index contributed by atoms with van der Waals surface area (Å²) in [5.74, 6) is 0.0731. The molecular formula is C10H16N4O. The predicted molar refractivity (Wildman–Crippen MR) is 56.6 cm³/mol. The summed E-state index contributed by atoms with van der Waals surface area (Å²) in [6.45, 7) is 4.56. The Labute approximate surface area is 89.1 Å². The highest BCUT2D eigenvalue weighted by molar-refractivity contribution is 5.92. The number of aromatic nitrogens is 2. The highest BCUT2D eigenvalue weighted by Gasteiger charge is 2.25. The SMILES string of the molecule is CC1CNCCN1C(=O)c1cncn1C. The Kier molecular flexibility index (Phi) is 2.73. The van der Waals surface area contributed by atoms with E-state index in [4.69, 9.17) is 0 Å². The van der Waals surface area contributed by atoms with Crippen molar-refractivity contribution in [3.8, 4) is 0 Å². The summed E-state index contributed by atoms with van der Waals surface area (Å²) in [7, 11) is 1.84. The largest absolute Gasteiger partial charge is 0.332 e. The van der Waals surface area contributed by atoms with E-state index in [9.17, 15) is 4.79 Å². The summed E-state index contributed by atoms with van der Waals surface area (Å²) < 4.78 is 1.76. The van der Waals surface area contributed by atoms with Gasteiger partial charge in [-0.15, -0.1) is 0 Å². The predicted octanol–water partition coefficient (Wildman–Crippen LogP) is -0.146. The molecule has 82 valence electrons. The number of hydrogen-bond acceptors (Lipinski definition) is 3. The number of carbonyl (C=O) groups is 1. The molecule has 0 radical (unpaired) electrons. The van der Waals surface area contributed by atoms with Gasteiger partial charge in [-0.25, -0.2) is 4.98 Å². The third-order valence-electron chi connectivity index (χ3n) is 2.80. The molecule has 0 aliphatic carbocycles. The minimum atomic E-state index is 0.0731. The molecule has 0 saturated carbocycles. The fourth-order valence-corrected chi connectivity index (χ4v) is 1.85. The lowest BCUT2D eigenvalue weighted by molar-refractivity contribution is 0.0646. The highest BCUT2D eigenvalue weighted by atomic mass is 16.2. The van der Waals surface area contributed by atoms with Crippen LogP contribution >= 0.6 is 0 Å². The summed E-state index contributed by atoms with van der Waals surface area (Å²) in [6, 6.07) is 0.251. The molecule has 1 aliphatic heterocycles. The molecule has 2 heterocycles. The smallest absolute Gasteiger partial charge is 0.272 e. The van der Waals surface area contributed by atoms with Gasteiger partial charge in [-0.3, -0.25) is 4.79 Å². The Hall–Kier alpha value is -1.36. The van der Waals surface area contributed by atoms with Crippen molar-refractivity contribution in [1.82, 2.24) is 19.8 Å². The summed E-state index contributed by atoms with van der Waals surface area (Å²) >= 11 is 0. The second kappa shape index (κ2) is 4.02. The molecule has 1 aliphatic rings. The zero-order valence-corrected chi connectivity index (χ0v) is 9.10. The maximum Gasteiger partial charge on any atom is 0.272 e. The van der Waals surface area contributed by atoms with Crippen LogP contribution in [0, 0.1) is 0 Å². The number of amides is 1. The molecule has 1 saturated heterocycles. The number of imidazole rings is 1. The zero-order valence-electron chi connectivity index (χ0n) is 9.10. The van der Waals surface area contributed by atoms with Gasteiger partial charge in [-0.05, 0) is 6.92 Å². The number of rotatable bonds is 1. The molecule has 0 bridgehead atoms. The van der Waals surface area contributed by atoms with E-state index in [0.717, 1.165) is 19.6 Å². The van der Waals surface area contributed by atoms with Gasteiger partial charge in [0.25, 0.3) is 5.91 Å². The molecule has 5 nitrogen and oxygen atoms in total. The summed E-state index contributed by atoms with van der Waals surface area (Å²) in [5, 5.41) is 3.26. The van der Waals surface area contributed by atoms with Gasteiger partial charge in [0.1, 0.15) is 5.69 Å². The van der Waals surface area contributed by atoms with E-state index in [1.807, 2.05) is 11.9 Å². The molecule has 0 spiro atoms. The van der Waals surface area contributed by atoms with Gasteiger partial charge >= 0.3 is 0 Å². The number of piperazine rings is 1. The topological polar surface area (TPSA) is 50.2 Å². The van der Waals surface area contributed by atoms with Crippen molar-refractivity contribution in [2.75, 3.05) is 19.6 Å². The quantitative estimate of drug-likeness (QED) is 0.698. The maximum atomic E-state index is 12.1. The van der Waals surface area contributed by atoms with Crippen molar-refractivity contribution in [1.29, 1.82) is 0 Å². The third kappa shape index (κ3) is 1.87. The van der Waals surface area contributed by atoms with E-state index in [1.165, 1.54) is 0 Å². The summed E-state index contributed by atoms with van der Waals surface area (Å²) in [6.07, 6.45) is 3.27. The number of hydrogen-bond donors (Lipinski definition) is 1. The zero-order chi connectivity index (χ0) is 10.8. The first-order valence-corrected chi connectivity index (χ1v) is 5.18. The van der Waals surface area contributed by atoms with Crippen molar-refractivity contribution >= 4 is 5.91 Å². The van der Waals surface area contributed by atoms with Crippen LogP contribution in [0.4, 0.5) is 0 Å². The lowest BCUT2D eigenvalue weighted by Gasteiger charge is -2.33. The Balaban J connectivity index is 2.17. The molecule has 2 rings (SSSR count). The molecular weight excluding hydrogens is 192 g/mol. The van der Waals surface area contributed by atoms with Gasteiger partial charge in [-0.2, -0.15) is 0 Å². The maximum absolute atomic E-state index is 12.1. The van der Waals surface area contributed by atoms with Crippen LogP contribution in [0.15, 0.2) is 12.5 Å². The minimum absolute atomic E-state index is 0.0731. The summed E-state index contributed by atoms with van der Waals surface area (Å²) in [5.41, 5.74) is 0.656. The van der Waals surface area contributed by atoms with E-state index < -0.39 is 0 Å². The highest BCUT2D eigenvalue weighted by Crippen LogP contribution is 2.09. The van der Waals surface area contributed by atoms with Crippen molar-refractivity contribution in [2.24, 2.45) is 7.05 Å². The van der Waals surface area contributed by atoms with E-state index in [2.05, 4.69) is 17.2 Å². The van der Waals surface area contributed by atoms with E-state index >= 15 is 0 Å². The molecule has 15 heavy (non-hydrogen) atoms. The van der Waals surface area contributed by atoms with Crippen LogP contribution in [0.25, 0.3) is 0 Å². The normalized spacial score (nSPS) is 21.7. The number of aryl methyl sites for hydroxylation is 1. The summed E-state index contributed by atoms with van der Waals surface area (Å²) in [4.78, 5) is 18.0. The van der Waals surface area contributed by atoms with Crippen LogP contribution < -0.4 is 5.32 Å². The molecule has 1 aromatic heterocycles. The first-order chi connectivity index (χ1) is 7.20. The van der Waals surface area contributed by atoms with Gasteiger partial charge in [0.2, 0.25) is 0 Å². The van der Waals surface area contributed by atoms with Crippen LogP contribution in [0.1, 0.15) is 17.4 Å². The van der Waals surface area contributed by atoms with Gasteiger partial charge in [0.05, 0.1) is 12.5 Å². The van der Waals surface area contributed by atoms with Crippen LogP contribution in [0.3, 0.4) is 0 Å². The van der Waals surface area contributed by atoms with E-state index in [1.54, 1.807) is 17.1 Å². The molecule has 1 fully saturated rings. The minimum Gasteiger partial charge on any atom is -0.332 e. The lowest BCUT2D eigenvalue weighted by atomic mass is 10.2. The van der Waals surface area contributed by atoms with Crippen LogP contribution in [0.5, 0.6) is 0 Å². The fraction of sp³-hybridized carbons (Fsp3) is 0.600. The number of carbonyl (C=O) groups excluding carboxylic acids is 1. The van der Waals surface area contributed by atoms with E-state index in [-0.39, 0.29) is 11.9 Å². The number of nitrogens with zero attached hydrogens (tertiary/aromatic N) is 3. The molecule has 0 aromatic carbocycles. The van der Waals surface area contributed by atoms with Gasteiger partial charge in [0.15, 0.2) is 0 Å². The van der Waals surface area contributed by atoms with Crippen LogP contribution in [-0.4, -0.2) is 46.0 Å². The standard InChI is InChI=1S/C10H16N4O/c1-8-5-11-3-4-14(8)10(15)9-6-12-7-13(9)2/h6-8,11H,3-5H2,1-2H3. The first-order valence-electron chi connectivity index (χ1n) is 5.18.